The fourth-order valence-electron chi connectivity index (χ4n) is 1.42. The van der Waals surface area contributed by atoms with Gasteiger partial charge < -0.3 is 5.73 Å². The van der Waals surface area contributed by atoms with Gasteiger partial charge in [0.05, 0.1) is 0 Å². The summed E-state index contributed by atoms with van der Waals surface area (Å²) < 4.78 is 0. The third kappa shape index (κ3) is 2.26. The van der Waals surface area contributed by atoms with Crippen molar-refractivity contribution in [2.75, 3.05) is 5.73 Å². The summed E-state index contributed by atoms with van der Waals surface area (Å²) >= 11 is 0. The summed E-state index contributed by atoms with van der Waals surface area (Å²) in [6, 6.07) is 8.19. The third-order valence-corrected chi connectivity index (χ3v) is 2.23. The highest BCUT2D eigenvalue weighted by atomic mass is 14.5. The molecule has 1 heteroatoms. The summed E-state index contributed by atoms with van der Waals surface area (Å²) in [7, 11) is 0. The van der Waals surface area contributed by atoms with Gasteiger partial charge in [0, 0.05) is 5.69 Å². The molecule has 0 heterocycles. The molecule has 1 nitrogen and oxygen atoms in total. The number of rotatable bonds is 3. The van der Waals surface area contributed by atoms with Gasteiger partial charge >= 0.3 is 0 Å². The number of benzene rings is 1. The summed E-state index contributed by atoms with van der Waals surface area (Å²) in [5, 5.41) is 0. The number of anilines is 1. The maximum Gasteiger partial charge on any atom is 0.0314 e. The maximum atomic E-state index is 5.60. The summed E-state index contributed by atoms with van der Waals surface area (Å²) in [5.74, 6) is 0.663. The van der Waals surface area contributed by atoms with Gasteiger partial charge in [-0.3, -0.25) is 0 Å². The van der Waals surface area contributed by atoms with E-state index < -0.39 is 0 Å². The van der Waals surface area contributed by atoms with Gasteiger partial charge in [-0.15, -0.1) is 0 Å². The zero-order valence-corrected chi connectivity index (χ0v) is 7.88. The van der Waals surface area contributed by atoms with Crippen molar-refractivity contribution in [2.24, 2.45) is 0 Å². The third-order valence-electron chi connectivity index (χ3n) is 2.23. The number of nitrogens with two attached hydrogens (primary N) is 1. The highest BCUT2D eigenvalue weighted by Crippen LogP contribution is 2.20. The number of hydrogen-bond acceptors (Lipinski definition) is 1. The molecule has 0 aliphatic heterocycles. The molecule has 2 N–H and O–H groups in total. The van der Waals surface area contributed by atoms with Crippen molar-refractivity contribution < 1.29 is 0 Å². The maximum absolute atomic E-state index is 5.60. The van der Waals surface area contributed by atoms with Crippen molar-refractivity contribution >= 4 is 5.69 Å². The quantitative estimate of drug-likeness (QED) is 0.680. The topological polar surface area (TPSA) is 26.0 Å². The molecule has 12 heavy (non-hydrogen) atoms. The molecular weight excluding hydrogens is 146 g/mol. The van der Waals surface area contributed by atoms with Gasteiger partial charge in [-0.2, -0.15) is 0 Å². The van der Waals surface area contributed by atoms with Gasteiger partial charge in [0.25, 0.3) is 0 Å². The molecule has 1 aromatic rings. The van der Waals surface area contributed by atoms with Crippen LogP contribution in [0.2, 0.25) is 0 Å². The average molecular weight is 163 g/mol. The van der Waals surface area contributed by atoms with E-state index in [1.54, 1.807) is 0 Å². The van der Waals surface area contributed by atoms with E-state index in [4.69, 9.17) is 5.73 Å². The molecule has 0 bridgehead atoms. The first-order valence-corrected chi connectivity index (χ1v) is 4.59. The SMILES string of the molecule is CCCC(C)c1ccc(N)cc1. The Morgan fingerprint density at radius 1 is 1.25 bits per heavy atom. The lowest BCUT2D eigenvalue weighted by molar-refractivity contribution is 0.665. The average Bonchev–Trinajstić information content (AvgIpc) is 2.06. The molecule has 0 aliphatic carbocycles. The van der Waals surface area contributed by atoms with Crippen molar-refractivity contribution in [3.8, 4) is 0 Å². The van der Waals surface area contributed by atoms with E-state index in [1.807, 2.05) is 12.1 Å². The second kappa shape index (κ2) is 4.15. The van der Waals surface area contributed by atoms with Gasteiger partial charge in [-0.05, 0) is 30.0 Å². The lowest BCUT2D eigenvalue weighted by Crippen LogP contribution is -1.93. The minimum Gasteiger partial charge on any atom is -0.399 e. The fourth-order valence-corrected chi connectivity index (χ4v) is 1.42. The Morgan fingerprint density at radius 3 is 2.33 bits per heavy atom. The molecule has 1 atom stereocenters. The Kier molecular flexibility index (Phi) is 3.15. The van der Waals surface area contributed by atoms with E-state index in [0.717, 1.165) is 5.69 Å². The van der Waals surface area contributed by atoms with Crippen molar-refractivity contribution in [3.63, 3.8) is 0 Å². The Hall–Kier alpha value is -0.980. The molecule has 0 amide bonds. The van der Waals surface area contributed by atoms with Gasteiger partial charge in [-0.1, -0.05) is 32.4 Å². The Labute approximate surface area is 74.6 Å². The van der Waals surface area contributed by atoms with Crippen LogP contribution in [0.4, 0.5) is 5.69 Å². The van der Waals surface area contributed by atoms with Crippen LogP contribution in [0, 0.1) is 0 Å². The summed E-state index contributed by atoms with van der Waals surface area (Å²) in [6.45, 7) is 4.48. The number of hydrogen-bond donors (Lipinski definition) is 1. The van der Waals surface area contributed by atoms with E-state index in [0.29, 0.717) is 5.92 Å². The molecule has 0 aliphatic rings. The van der Waals surface area contributed by atoms with E-state index in [2.05, 4.69) is 26.0 Å². The summed E-state index contributed by atoms with van der Waals surface area (Å²) in [6.07, 6.45) is 2.50. The van der Waals surface area contributed by atoms with Crippen molar-refractivity contribution in [1.29, 1.82) is 0 Å². The molecule has 0 spiro atoms. The van der Waals surface area contributed by atoms with Gasteiger partial charge in [0.15, 0.2) is 0 Å². The smallest absolute Gasteiger partial charge is 0.0314 e. The van der Waals surface area contributed by atoms with Crippen LogP contribution >= 0.6 is 0 Å². The number of nitrogen functional groups attached to an aromatic ring is 1. The standard InChI is InChI=1S/C11H17N/c1-3-4-9(2)10-5-7-11(12)8-6-10/h5-9H,3-4,12H2,1-2H3. The first-order chi connectivity index (χ1) is 5.74. The van der Waals surface area contributed by atoms with Crippen LogP contribution in [0.5, 0.6) is 0 Å². The highest BCUT2D eigenvalue weighted by Gasteiger charge is 2.02. The van der Waals surface area contributed by atoms with Gasteiger partial charge in [-0.25, -0.2) is 0 Å². The first-order valence-electron chi connectivity index (χ1n) is 4.59. The zero-order chi connectivity index (χ0) is 8.97. The van der Waals surface area contributed by atoms with Crippen LogP contribution in [0.1, 0.15) is 38.2 Å². The van der Waals surface area contributed by atoms with Gasteiger partial charge in [0.2, 0.25) is 0 Å². The highest BCUT2D eigenvalue weighted by molar-refractivity contribution is 5.40. The molecule has 0 saturated carbocycles. The molecule has 0 saturated heterocycles. The largest absolute Gasteiger partial charge is 0.399 e. The van der Waals surface area contributed by atoms with Crippen LogP contribution in [0.15, 0.2) is 24.3 Å². The molecule has 0 fully saturated rings. The predicted octanol–water partition coefficient (Wildman–Crippen LogP) is 3.17. The van der Waals surface area contributed by atoms with Crippen LogP contribution in [-0.4, -0.2) is 0 Å². The van der Waals surface area contributed by atoms with E-state index in [-0.39, 0.29) is 0 Å². The molecule has 1 rings (SSSR count). The van der Waals surface area contributed by atoms with Crippen LogP contribution in [0.3, 0.4) is 0 Å². The van der Waals surface area contributed by atoms with Gasteiger partial charge in [0.1, 0.15) is 0 Å². The normalized spacial score (nSPS) is 12.8. The van der Waals surface area contributed by atoms with E-state index in [1.165, 1.54) is 18.4 Å². The lowest BCUT2D eigenvalue weighted by Gasteiger charge is -2.09. The first kappa shape index (κ1) is 9.11. The van der Waals surface area contributed by atoms with Crippen molar-refractivity contribution in [2.45, 2.75) is 32.6 Å². The Morgan fingerprint density at radius 2 is 1.83 bits per heavy atom. The zero-order valence-electron chi connectivity index (χ0n) is 7.88. The lowest BCUT2D eigenvalue weighted by atomic mass is 9.96. The Balaban J connectivity index is 2.68. The van der Waals surface area contributed by atoms with Crippen LogP contribution in [-0.2, 0) is 0 Å². The predicted molar refractivity (Wildman–Crippen MR) is 54.2 cm³/mol. The van der Waals surface area contributed by atoms with Crippen molar-refractivity contribution in [1.82, 2.24) is 0 Å². The molecule has 0 radical (unpaired) electrons. The van der Waals surface area contributed by atoms with E-state index in [9.17, 15) is 0 Å². The second-order valence-electron chi connectivity index (χ2n) is 3.36. The van der Waals surface area contributed by atoms with Crippen molar-refractivity contribution in [3.05, 3.63) is 29.8 Å². The minimum atomic E-state index is 0.663. The second-order valence-corrected chi connectivity index (χ2v) is 3.36. The fraction of sp³-hybridized carbons (Fsp3) is 0.455. The molecule has 66 valence electrons. The summed E-state index contributed by atoms with van der Waals surface area (Å²) in [4.78, 5) is 0. The molecular formula is C11H17N. The summed E-state index contributed by atoms with van der Waals surface area (Å²) in [5.41, 5.74) is 7.84. The van der Waals surface area contributed by atoms with Crippen LogP contribution < -0.4 is 5.73 Å². The molecule has 0 aromatic heterocycles. The Bertz CT molecular complexity index is 225. The molecule has 1 aromatic carbocycles. The van der Waals surface area contributed by atoms with Crippen LogP contribution in [0.25, 0.3) is 0 Å². The monoisotopic (exact) mass is 163 g/mol. The molecule has 1 unspecified atom stereocenters. The van der Waals surface area contributed by atoms with E-state index >= 15 is 0 Å². The minimum absolute atomic E-state index is 0.663.